The molecule has 3 aromatic carbocycles. The summed E-state index contributed by atoms with van der Waals surface area (Å²) in [6.45, 7) is 4.18. The zero-order chi connectivity index (χ0) is 27.5. The first-order valence-electron chi connectivity index (χ1n) is 15.2. The van der Waals surface area contributed by atoms with Gasteiger partial charge in [0.2, 0.25) is 0 Å². The number of benzene rings is 3. The third-order valence-electron chi connectivity index (χ3n) is 11.8. The Morgan fingerprint density at radius 3 is 2.51 bits per heavy atom. The van der Waals surface area contributed by atoms with Crippen LogP contribution >= 0.6 is 0 Å². The molecule has 3 aliphatic heterocycles. The quantitative estimate of drug-likeness (QED) is 0.375. The van der Waals surface area contributed by atoms with E-state index < -0.39 is 5.60 Å². The zero-order valence-corrected chi connectivity index (χ0v) is 23.8. The van der Waals surface area contributed by atoms with Crippen molar-refractivity contribution in [2.24, 2.45) is 11.3 Å². The van der Waals surface area contributed by atoms with Gasteiger partial charge in [-0.25, -0.2) is 0 Å². The number of nitrogens with zero attached hydrogens (tertiary/aromatic N) is 1. The van der Waals surface area contributed by atoms with E-state index in [-0.39, 0.29) is 35.2 Å². The van der Waals surface area contributed by atoms with Crippen molar-refractivity contribution in [3.8, 4) is 11.5 Å². The highest BCUT2D eigenvalue weighted by molar-refractivity contribution is 5.65. The molecule has 41 heavy (non-hydrogen) atoms. The van der Waals surface area contributed by atoms with Crippen LogP contribution in [-0.2, 0) is 34.3 Å². The molecule has 3 heterocycles. The number of hydrogen-bond acceptors (Lipinski definition) is 5. The highest BCUT2D eigenvalue weighted by atomic mass is 16.7. The summed E-state index contributed by atoms with van der Waals surface area (Å²) in [6, 6.07) is 26.1. The molecule has 7 atom stereocenters. The molecule has 210 valence electrons. The van der Waals surface area contributed by atoms with Crippen LogP contribution in [0.1, 0.15) is 42.0 Å². The second-order valence-corrected chi connectivity index (χ2v) is 13.5. The minimum atomic E-state index is -0.547. The Bertz CT molecular complexity index is 1560. The van der Waals surface area contributed by atoms with Crippen LogP contribution in [0, 0.1) is 11.3 Å². The maximum absolute atomic E-state index is 7.29. The Morgan fingerprint density at radius 2 is 1.71 bits per heavy atom. The van der Waals surface area contributed by atoms with E-state index in [0.717, 1.165) is 49.3 Å². The minimum Gasteiger partial charge on any atom is -0.485 e. The molecule has 0 aromatic heterocycles. The van der Waals surface area contributed by atoms with Gasteiger partial charge >= 0.3 is 0 Å². The molecular weight excluding hydrogens is 510 g/mol. The molecule has 3 fully saturated rings. The molecule has 1 saturated carbocycles. The molecular formula is C36H37NO4. The second kappa shape index (κ2) is 8.25. The van der Waals surface area contributed by atoms with Gasteiger partial charge in [-0.1, -0.05) is 78.9 Å². The Kier molecular flexibility index (Phi) is 4.92. The van der Waals surface area contributed by atoms with Crippen molar-refractivity contribution >= 4 is 0 Å². The van der Waals surface area contributed by atoms with Crippen LogP contribution < -0.4 is 9.47 Å². The number of hydrogen-bond donors (Lipinski definition) is 0. The monoisotopic (exact) mass is 547 g/mol. The summed E-state index contributed by atoms with van der Waals surface area (Å²) in [6.07, 6.45) is 8.84. The third kappa shape index (κ3) is 2.97. The Balaban J connectivity index is 1.19. The van der Waals surface area contributed by atoms with Gasteiger partial charge in [0.05, 0.1) is 11.0 Å². The summed E-state index contributed by atoms with van der Waals surface area (Å²) in [4.78, 5) is 2.62. The first-order valence-corrected chi connectivity index (χ1v) is 15.2. The van der Waals surface area contributed by atoms with E-state index in [4.69, 9.17) is 18.9 Å². The van der Waals surface area contributed by atoms with Gasteiger partial charge in [-0.3, -0.25) is 0 Å². The minimum absolute atomic E-state index is 0.0462. The first kappa shape index (κ1) is 24.5. The molecule has 5 heteroatoms. The van der Waals surface area contributed by atoms with Crippen LogP contribution in [0.15, 0.2) is 84.9 Å². The summed E-state index contributed by atoms with van der Waals surface area (Å²) in [5.74, 6) is 1.99. The highest BCUT2D eigenvalue weighted by Crippen LogP contribution is 2.76. The lowest BCUT2D eigenvalue weighted by Crippen LogP contribution is -2.82. The smallest absolute Gasteiger partial charge is 0.166 e. The number of rotatable bonds is 5. The summed E-state index contributed by atoms with van der Waals surface area (Å²) in [5.41, 5.74) is 4.20. The van der Waals surface area contributed by atoms with Gasteiger partial charge in [-0.05, 0) is 62.5 Å². The van der Waals surface area contributed by atoms with Gasteiger partial charge in [-0.2, -0.15) is 0 Å². The highest BCUT2D eigenvalue weighted by Gasteiger charge is 2.81. The lowest BCUT2D eigenvalue weighted by Gasteiger charge is -2.73. The topological polar surface area (TPSA) is 40.2 Å². The molecule has 0 radical (unpaired) electrons. The van der Waals surface area contributed by atoms with E-state index in [0.29, 0.717) is 12.6 Å². The Labute approximate surface area is 242 Å². The molecule has 10 rings (SSSR count). The van der Waals surface area contributed by atoms with Crippen molar-refractivity contribution in [3.05, 3.63) is 107 Å². The maximum Gasteiger partial charge on any atom is 0.166 e. The molecule has 0 amide bonds. The standard InChI is InChI=1S/C36H37NO4/c1-33(20-24-9-5-3-6-10-24)28-21-34-15-16-36(28,40-23-39-33)32-35(34)17-18-37(2)29(34)19-26-13-14-27(31(41-32)30(26)35)38-22-25-11-7-4-8-12-25/h3-16,28-29,32H,17-23H2,1-2H3. The number of ether oxygens (including phenoxy) is 4. The van der Waals surface area contributed by atoms with E-state index in [1.54, 1.807) is 0 Å². The molecule has 3 aromatic rings. The molecule has 5 nitrogen and oxygen atoms in total. The van der Waals surface area contributed by atoms with E-state index in [9.17, 15) is 0 Å². The van der Waals surface area contributed by atoms with Gasteiger partial charge in [0.25, 0.3) is 0 Å². The molecule has 0 N–H and O–H groups in total. The Hall–Kier alpha value is -3.12. The average molecular weight is 548 g/mol. The van der Waals surface area contributed by atoms with Crippen molar-refractivity contribution in [3.63, 3.8) is 0 Å². The predicted molar refractivity (Wildman–Crippen MR) is 156 cm³/mol. The molecule has 7 unspecified atom stereocenters. The molecule has 7 aliphatic rings. The van der Waals surface area contributed by atoms with Crippen molar-refractivity contribution in [1.82, 2.24) is 4.90 Å². The fourth-order valence-corrected chi connectivity index (χ4v) is 10.0. The number of likely N-dealkylation sites (tertiary alicyclic amines) is 1. The largest absolute Gasteiger partial charge is 0.485 e. The molecule has 4 aliphatic carbocycles. The molecule has 3 spiro atoms. The predicted octanol–water partition coefficient (Wildman–Crippen LogP) is 5.85. The lowest BCUT2D eigenvalue weighted by atomic mass is 9.36. The summed E-state index contributed by atoms with van der Waals surface area (Å²) < 4.78 is 27.3. The SMILES string of the molecule is CN1CCC23c4c5ccc(OCc6ccccc6)c4OC2C24C=CC3(CC2C(C)(Cc2ccccc2)OCO4)C1C5. The van der Waals surface area contributed by atoms with Crippen LogP contribution in [0.5, 0.6) is 11.5 Å². The molecule has 2 saturated heterocycles. The van der Waals surface area contributed by atoms with Gasteiger partial charge in [0, 0.05) is 29.4 Å². The van der Waals surface area contributed by atoms with Crippen LogP contribution in [0.2, 0.25) is 0 Å². The van der Waals surface area contributed by atoms with Gasteiger partial charge in [-0.15, -0.1) is 0 Å². The molecule has 4 bridgehead atoms. The van der Waals surface area contributed by atoms with Gasteiger partial charge in [0.15, 0.2) is 11.5 Å². The summed E-state index contributed by atoms with van der Waals surface area (Å²) in [5, 5.41) is 0. The summed E-state index contributed by atoms with van der Waals surface area (Å²) >= 11 is 0. The van der Waals surface area contributed by atoms with Crippen molar-refractivity contribution in [2.75, 3.05) is 20.4 Å². The van der Waals surface area contributed by atoms with E-state index >= 15 is 0 Å². The average Bonchev–Trinajstić information content (AvgIpc) is 3.37. The van der Waals surface area contributed by atoms with Crippen molar-refractivity contribution in [1.29, 1.82) is 0 Å². The van der Waals surface area contributed by atoms with Crippen LogP contribution in [0.4, 0.5) is 0 Å². The van der Waals surface area contributed by atoms with E-state index in [1.807, 2.05) is 6.07 Å². The second-order valence-electron chi connectivity index (χ2n) is 13.5. The van der Waals surface area contributed by atoms with Gasteiger partial charge < -0.3 is 23.8 Å². The number of likely N-dealkylation sites (N-methyl/N-ethyl adjacent to an activating group) is 1. The normalized spacial score (nSPS) is 39.1. The van der Waals surface area contributed by atoms with Crippen molar-refractivity contribution in [2.45, 2.75) is 68.0 Å². The van der Waals surface area contributed by atoms with Crippen LogP contribution in [0.25, 0.3) is 0 Å². The fraction of sp³-hybridized carbons (Fsp3) is 0.444. The number of piperidine rings is 1. The lowest BCUT2D eigenvalue weighted by molar-refractivity contribution is -0.337. The van der Waals surface area contributed by atoms with Gasteiger partial charge in [0.1, 0.15) is 25.1 Å². The maximum atomic E-state index is 7.29. The van der Waals surface area contributed by atoms with Crippen LogP contribution in [-0.4, -0.2) is 48.6 Å². The van der Waals surface area contributed by atoms with Crippen molar-refractivity contribution < 1.29 is 18.9 Å². The van der Waals surface area contributed by atoms with Crippen LogP contribution in [0.3, 0.4) is 0 Å². The fourth-order valence-electron chi connectivity index (χ4n) is 10.0. The van der Waals surface area contributed by atoms with E-state index in [1.165, 1.54) is 16.7 Å². The van der Waals surface area contributed by atoms with E-state index in [2.05, 4.69) is 97.8 Å². The summed E-state index contributed by atoms with van der Waals surface area (Å²) in [7, 11) is 2.32. The first-order chi connectivity index (χ1) is 20.0. The Morgan fingerprint density at radius 1 is 0.927 bits per heavy atom. The zero-order valence-electron chi connectivity index (χ0n) is 23.8. The third-order valence-corrected chi connectivity index (χ3v) is 11.8.